The van der Waals surface area contributed by atoms with Gasteiger partial charge in [0.05, 0.1) is 11.7 Å². The molecule has 1 aromatic carbocycles. The van der Waals surface area contributed by atoms with Crippen LogP contribution < -0.4 is 4.74 Å². The number of benzene rings is 1. The van der Waals surface area contributed by atoms with E-state index in [4.69, 9.17) is 9.84 Å². The summed E-state index contributed by atoms with van der Waals surface area (Å²) in [5, 5.41) is 8.81. The zero-order valence-corrected chi connectivity index (χ0v) is 12.2. The van der Waals surface area contributed by atoms with Gasteiger partial charge in [0, 0.05) is 0 Å². The van der Waals surface area contributed by atoms with E-state index in [2.05, 4.69) is 27.7 Å². The summed E-state index contributed by atoms with van der Waals surface area (Å²) in [7, 11) is 0. The van der Waals surface area contributed by atoms with Gasteiger partial charge in [-0.05, 0) is 55.9 Å². The van der Waals surface area contributed by atoms with Crippen molar-refractivity contribution in [1.82, 2.24) is 0 Å². The SMILES string of the molecule is CC(CCC(C)C(C)C)Oc1ccc(C(=O)O)cc1. The third kappa shape index (κ3) is 5.33. The molecule has 106 valence electrons. The van der Waals surface area contributed by atoms with Crippen molar-refractivity contribution >= 4 is 5.97 Å². The van der Waals surface area contributed by atoms with Gasteiger partial charge >= 0.3 is 5.97 Å². The fourth-order valence-electron chi connectivity index (χ4n) is 1.80. The highest BCUT2D eigenvalue weighted by Crippen LogP contribution is 2.20. The molecule has 1 N–H and O–H groups in total. The highest BCUT2D eigenvalue weighted by molar-refractivity contribution is 5.87. The first-order valence-electron chi connectivity index (χ1n) is 6.90. The third-order valence-electron chi connectivity index (χ3n) is 3.61. The Morgan fingerprint density at radius 2 is 1.68 bits per heavy atom. The van der Waals surface area contributed by atoms with Crippen LogP contribution in [-0.2, 0) is 0 Å². The predicted molar refractivity (Wildman–Crippen MR) is 76.7 cm³/mol. The summed E-state index contributed by atoms with van der Waals surface area (Å²) in [6, 6.07) is 6.57. The van der Waals surface area contributed by atoms with Crippen LogP contribution in [0.5, 0.6) is 5.75 Å². The number of carboxylic acid groups (broad SMARTS) is 1. The summed E-state index contributed by atoms with van der Waals surface area (Å²) in [5.41, 5.74) is 0.286. The minimum absolute atomic E-state index is 0.150. The van der Waals surface area contributed by atoms with E-state index in [9.17, 15) is 4.79 Å². The van der Waals surface area contributed by atoms with Crippen molar-refractivity contribution in [2.24, 2.45) is 11.8 Å². The quantitative estimate of drug-likeness (QED) is 0.801. The van der Waals surface area contributed by atoms with Crippen LogP contribution in [0.25, 0.3) is 0 Å². The number of hydrogen-bond donors (Lipinski definition) is 1. The number of carbonyl (C=O) groups is 1. The van der Waals surface area contributed by atoms with E-state index in [1.165, 1.54) is 0 Å². The van der Waals surface area contributed by atoms with E-state index in [1.54, 1.807) is 24.3 Å². The molecule has 0 bridgehead atoms. The van der Waals surface area contributed by atoms with Crippen molar-refractivity contribution < 1.29 is 14.6 Å². The van der Waals surface area contributed by atoms with Gasteiger partial charge in [0.2, 0.25) is 0 Å². The van der Waals surface area contributed by atoms with E-state index in [1.807, 2.05) is 0 Å². The Balaban J connectivity index is 2.44. The molecule has 0 saturated carbocycles. The lowest BCUT2D eigenvalue weighted by Crippen LogP contribution is -2.15. The second-order valence-corrected chi connectivity index (χ2v) is 5.56. The monoisotopic (exact) mass is 264 g/mol. The Hall–Kier alpha value is -1.51. The van der Waals surface area contributed by atoms with E-state index >= 15 is 0 Å². The second-order valence-electron chi connectivity index (χ2n) is 5.56. The lowest BCUT2D eigenvalue weighted by Gasteiger charge is -2.19. The average Bonchev–Trinajstić information content (AvgIpc) is 2.36. The fraction of sp³-hybridized carbons (Fsp3) is 0.562. The van der Waals surface area contributed by atoms with Gasteiger partial charge in [0.15, 0.2) is 0 Å². The molecule has 0 aliphatic heterocycles. The van der Waals surface area contributed by atoms with Gasteiger partial charge in [-0.25, -0.2) is 4.79 Å². The van der Waals surface area contributed by atoms with Crippen molar-refractivity contribution in [2.75, 3.05) is 0 Å². The van der Waals surface area contributed by atoms with Crippen molar-refractivity contribution in [1.29, 1.82) is 0 Å². The highest BCUT2D eigenvalue weighted by Gasteiger charge is 2.11. The maximum Gasteiger partial charge on any atom is 0.335 e. The number of rotatable bonds is 7. The molecular formula is C16H24O3. The molecule has 1 rings (SSSR count). The minimum Gasteiger partial charge on any atom is -0.491 e. The number of ether oxygens (including phenoxy) is 1. The van der Waals surface area contributed by atoms with Gasteiger partial charge in [-0.3, -0.25) is 0 Å². The van der Waals surface area contributed by atoms with Crippen LogP contribution in [0.4, 0.5) is 0 Å². The number of aromatic carboxylic acids is 1. The maximum atomic E-state index is 10.7. The van der Waals surface area contributed by atoms with Gasteiger partial charge in [0.25, 0.3) is 0 Å². The molecule has 3 heteroatoms. The van der Waals surface area contributed by atoms with Gasteiger partial charge < -0.3 is 9.84 Å². The van der Waals surface area contributed by atoms with Crippen LogP contribution in [0.2, 0.25) is 0 Å². The molecule has 0 aliphatic carbocycles. The van der Waals surface area contributed by atoms with Crippen molar-refractivity contribution in [3.63, 3.8) is 0 Å². The van der Waals surface area contributed by atoms with E-state index < -0.39 is 5.97 Å². The molecule has 0 aliphatic rings. The molecule has 0 spiro atoms. The van der Waals surface area contributed by atoms with Crippen LogP contribution in [-0.4, -0.2) is 17.2 Å². The van der Waals surface area contributed by atoms with Crippen molar-refractivity contribution in [3.05, 3.63) is 29.8 Å². The highest BCUT2D eigenvalue weighted by atomic mass is 16.5. The molecular weight excluding hydrogens is 240 g/mol. The van der Waals surface area contributed by atoms with Gasteiger partial charge in [-0.15, -0.1) is 0 Å². The molecule has 0 heterocycles. The first-order valence-corrected chi connectivity index (χ1v) is 6.90. The largest absolute Gasteiger partial charge is 0.491 e. The molecule has 19 heavy (non-hydrogen) atoms. The summed E-state index contributed by atoms with van der Waals surface area (Å²) in [6.07, 6.45) is 2.31. The Bertz CT molecular complexity index is 395. The lowest BCUT2D eigenvalue weighted by molar-refractivity contribution is 0.0697. The molecule has 3 nitrogen and oxygen atoms in total. The molecule has 0 aromatic heterocycles. The van der Waals surface area contributed by atoms with Crippen molar-refractivity contribution in [3.8, 4) is 5.75 Å². The van der Waals surface area contributed by atoms with E-state index in [0.717, 1.165) is 18.6 Å². The molecule has 0 amide bonds. The average molecular weight is 264 g/mol. The fourth-order valence-corrected chi connectivity index (χ4v) is 1.80. The topological polar surface area (TPSA) is 46.5 Å². The molecule has 1 aromatic rings. The minimum atomic E-state index is -0.912. The second kappa shape index (κ2) is 7.17. The summed E-state index contributed by atoms with van der Waals surface area (Å²) < 4.78 is 5.79. The van der Waals surface area contributed by atoms with Crippen LogP contribution >= 0.6 is 0 Å². The van der Waals surface area contributed by atoms with Crippen LogP contribution in [0.15, 0.2) is 24.3 Å². The predicted octanol–water partition coefficient (Wildman–Crippen LogP) is 4.22. The van der Waals surface area contributed by atoms with E-state index in [0.29, 0.717) is 11.8 Å². The lowest BCUT2D eigenvalue weighted by atomic mass is 9.92. The Kier molecular flexibility index (Phi) is 5.87. The molecule has 0 fully saturated rings. The smallest absolute Gasteiger partial charge is 0.335 e. The Morgan fingerprint density at radius 3 is 2.16 bits per heavy atom. The van der Waals surface area contributed by atoms with Gasteiger partial charge in [-0.2, -0.15) is 0 Å². The van der Waals surface area contributed by atoms with Crippen molar-refractivity contribution in [2.45, 2.75) is 46.6 Å². The molecule has 2 atom stereocenters. The molecule has 0 radical (unpaired) electrons. The summed E-state index contributed by atoms with van der Waals surface area (Å²) in [6.45, 7) is 8.79. The van der Waals surface area contributed by atoms with E-state index in [-0.39, 0.29) is 11.7 Å². The van der Waals surface area contributed by atoms with Crippen LogP contribution in [0.1, 0.15) is 50.9 Å². The summed E-state index contributed by atoms with van der Waals surface area (Å²) >= 11 is 0. The number of hydrogen-bond acceptors (Lipinski definition) is 2. The molecule has 2 unspecified atom stereocenters. The van der Waals surface area contributed by atoms with Crippen LogP contribution in [0.3, 0.4) is 0 Å². The third-order valence-corrected chi connectivity index (χ3v) is 3.61. The zero-order chi connectivity index (χ0) is 14.4. The number of carboxylic acids is 1. The summed E-state index contributed by atoms with van der Waals surface area (Å²) in [4.78, 5) is 10.7. The summed E-state index contributed by atoms with van der Waals surface area (Å²) in [5.74, 6) is 1.21. The van der Waals surface area contributed by atoms with Gasteiger partial charge in [0.1, 0.15) is 5.75 Å². The normalized spacial score (nSPS) is 14.2. The van der Waals surface area contributed by atoms with Crippen LogP contribution in [0, 0.1) is 11.8 Å². The maximum absolute atomic E-state index is 10.7. The zero-order valence-electron chi connectivity index (χ0n) is 12.2. The first-order chi connectivity index (χ1) is 8.90. The standard InChI is InChI=1S/C16H24O3/c1-11(2)12(3)5-6-13(4)19-15-9-7-14(8-10-15)16(17)18/h7-13H,5-6H2,1-4H3,(H,17,18). The molecule has 0 saturated heterocycles. The Morgan fingerprint density at radius 1 is 1.11 bits per heavy atom. The van der Waals surface area contributed by atoms with Gasteiger partial charge in [-0.1, -0.05) is 20.8 Å². The Labute approximate surface area is 115 Å². The first kappa shape index (κ1) is 15.5.